The molecule has 1 aromatic heterocycles. The van der Waals surface area contributed by atoms with Gasteiger partial charge in [-0.2, -0.15) is 14.0 Å². The second-order valence-corrected chi connectivity index (χ2v) is 12.5. The molecule has 6 heteroatoms. The van der Waals surface area contributed by atoms with Crippen LogP contribution < -0.4 is 9.80 Å². The van der Waals surface area contributed by atoms with Crippen molar-refractivity contribution in [3.8, 4) is 17.2 Å². The fourth-order valence-electron chi connectivity index (χ4n) is 6.35. The van der Waals surface area contributed by atoms with Crippen molar-refractivity contribution in [1.29, 1.82) is 5.26 Å². The van der Waals surface area contributed by atoms with E-state index in [4.69, 9.17) is 4.37 Å². The zero-order chi connectivity index (χ0) is 34.4. The lowest BCUT2D eigenvalue weighted by molar-refractivity contribution is 1.28. The summed E-state index contributed by atoms with van der Waals surface area (Å²) in [7, 11) is 0. The van der Waals surface area contributed by atoms with Crippen LogP contribution in [0.1, 0.15) is 11.1 Å². The molecule has 0 saturated carbocycles. The topological polar surface area (TPSA) is 56.1 Å². The minimum absolute atomic E-state index is 0.556. The van der Waals surface area contributed by atoms with E-state index < -0.39 is 0 Å². The molecule has 0 aliphatic heterocycles. The number of anilines is 6. The van der Waals surface area contributed by atoms with Crippen LogP contribution in [0.15, 0.2) is 182 Å². The Bertz CT molecular complexity index is 2370. The van der Waals surface area contributed by atoms with Crippen molar-refractivity contribution in [2.24, 2.45) is 0 Å². The molecule has 0 radical (unpaired) electrons. The summed E-state index contributed by atoms with van der Waals surface area (Å²) in [5, 5.41) is 10.3. The van der Waals surface area contributed by atoms with Gasteiger partial charge in [0.25, 0.3) is 0 Å². The molecule has 0 N–H and O–H groups in total. The number of hydrogen-bond donors (Lipinski definition) is 0. The van der Waals surface area contributed by atoms with Gasteiger partial charge in [-0.1, -0.05) is 109 Å². The predicted octanol–water partition coefficient (Wildman–Crippen LogP) is 12.4. The normalized spacial score (nSPS) is 11.2. The first-order valence-corrected chi connectivity index (χ1v) is 17.4. The van der Waals surface area contributed by atoms with Crippen LogP contribution in [-0.4, -0.2) is 8.75 Å². The quantitative estimate of drug-likeness (QED) is 0.113. The van der Waals surface area contributed by atoms with E-state index in [1.807, 2.05) is 72.8 Å². The first kappa shape index (κ1) is 31.5. The third kappa shape index (κ3) is 6.50. The molecule has 8 aromatic rings. The molecule has 51 heavy (non-hydrogen) atoms. The van der Waals surface area contributed by atoms with Crippen molar-refractivity contribution in [1.82, 2.24) is 8.75 Å². The third-order valence-corrected chi connectivity index (χ3v) is 9.33. The zero-order valence-electron chi connectivity index (χ0n) is 27.5. The standard InChI is InChI=1S/C45H31N5S/c46-32-36(33-21-26-41(27-22-33)49(37-13-5-1-6-14-37)38-15-7-2-8-16-38)31-35-25-30-43(45-44(35)47-51-48-45)34-23-28-42(29-24-34)50(39-17-9-3-10-18-39)40-19-11-4-12-20-40/h1-31H/b36-31+. The Hall–Kier alpha value is -6.81. The molecule has 0 aliphatic carbocycles. The summed E-state index contributed by atoms with van der Waals surface area (Å²) in [6.07, 6.45) is 1.91. The largest absolute Gasteiger partial charge is 0.311 e. The summed E-state index contributed by atoms with van der Waals surface area (Å²) < 4.78 is 9.38. The molecule has 0 fully saturated rings. The smallest absolute Gasteiger partial charge is 0.113 e. The fourth-order valence-corrected chi connectivity index (χ4v) is 6.93. The molecular formula is C45H31N5S. The molecule has 7 aromatic carbocycles. The van der Waals surface area contributed by atoms with Crippen molar-refractivity contribution in [3.63, 3.8) is 0 Å². The number of rotatable bonds is 9. The van der Waals surface area contributed by atoms with Gasteiger partial charge in [-0.3, -0.25) is 0 Å². The van der Waals surface area contributed by atoms with Crippen LogP contribution in [0.2, 0.25) is 0 Å². The summed E-state index contributed by atoms with van der Waals surface area (Å²) in [6.45, 7) is 0. The summed E-state index contributed by atoms with van der Waals surface area (Å²) in [4.78, 5) is 4.45. The number of nitrogens with zero attached hydrogens (tertiary/aromatic N) is 5. The molecule has 5 nitrogen and oxygen atoms in total. The van der Waals surface area contributed by atoms with Crippen molar-refractivity contribution < 1.29 is 0 Å². The lowest BCUT2D eigenvalue weighted by Gasteiger charge is -2.25. The maximum Gasteiger partial charge on any atom is 0.113 e. The van der Waals surface area contributed by atoms with Gasteiger partial charge in [0.2, 0.25) is 0 Å². The first-order chi connectivity index (χ1) is 25.3. The fraction of sp³-hybridized carbons (Fsp3) is 0. The molecule has 0 saturated heterocycles. The Morgan fingerprint density at radius 1 is 0.471 bits per heavy atom. The molecule has 242 valence electrons. The van der Waals surface area contributed by atoms with Gasteiger partial charge in [-0.25, -0.2) is 0 Å². The van der Waals surface area contributed by atoms with Crippen molar-refractivity contribution >= 4 is 68.5 Å². The molecule has 8 rings (SSSR count). The van der Waals surface area contributed by atoms with E-state index in [1.165, 1.54) is 11.7 Å². The average Bonchev–Trinajstić information content (AvgIpc) is 3.71. The maximum atomic E-state index is 10.3. The summed E-state index contributed by atoms with van der Waals surface area (Å²) in [5.74, 6) is 0. The van der Waals surface area contributed by atoms with Gasteiger partial charge >= 0.3 is 0 Å². The van der Waals surface area contributed by atoms with E-state index in [2.05, 4.69) is 136 Å². The molecule has 0 spiro atoms. The molecule has 0 atom stereocenters. The minimum Gasteiger partial charge on any atom is -0.311 e. The van der Waals surface area contributed by atoms with Crippen LogP contribution in [0.4, 0.5) is 34.1 Å². The van der Waals surface area contributed by atoms with Gasteiger partial charge in [0.15, 0.2) is 0 Å². The summed E-state index contributed by atoms with van der Waals surface area (Å²) in [5.41, 5.74) is 12.3. The molecular weight excluding hydrogens is 643 g/mol. The summed E-state index contributed by atoms with van der Waals surface area (Å²) >= 11 is 1.18. The number of allylic oxidation sites excluding steroid dienone is 1. The lowest BCUT2D eigenvalue weighted by atomic mass is 9.98. The Balaban J connectivity index is 1.10. The van der Waals surface area contributed by atoms with Crippen molar-refractivity contribution in [2.75, 3.05) is 9.80 Å². The van der Waals surface area contributed by atoms with Gasteiger partial charge in [-0.05, 0) is 90.0 Å². The highest BCUT2D eigenvalue weighted by atomic mass is 32.1. The van der Waals surface area contributed by atoms with Crippen LogP contribution in [0.5, 0.6) is 0 Å². The Kier molecular flexibility index (Phi) is 8.85. The van der Waals surface area contributed by atoms with Crippen LogP contribution in [0.3, 0.4) is 0 Å². The molecule has 0 bridgehead atoms. The molecule has 0 amide bonds. The van der Waals surface area contributed by atoms with E-state index >= 15 is 0 Å². The SMILES string of the molecule is N#C/C(=C\c1ccc(-c2ccc(N(c3ccccc3)c3ccccc3)cc2)c2nsnc12)c1ccc(N(c2ccccc2)c2ccccc2)cc1. The van der Waals surface area contributed by atoms with E-state index in [0.717, 1.165) is 67.4 Å². The number of hydrogen-bond acceptors (Lipinski definition) is 6. The maximum absolute atomic E-state index is 10.3. The number of nitriles is 1. The van der Waals surface area contributed by atoms with Crippen LogP contribution in [-0.2, 0) is 0 Å². The number of para-hydroxylation sites is 4. The van der Waals surface area contributed by atoms with Gasteiger partial charge in [0.05, 0.1) is 23.4 Å². The molecule has 0 aliphatic rings. The van der Waals surface area contributed by atoms with Crippen molar-refractivity contribution in [2.45, 2.75) is 0 Å². The molecule has 0 unspecified atom stereocenters. The Labute approximate surface area is 301 Å². The van der Waals surface area contributed by atoms with E-state index in [0.29, 0.717) is 5.57 Å². The van der Waals surface area contributed by atoms with E-state index in [1.54, 1.807) is 0 Å². The minimum atomic E-state index is 0.556. The highest BCUT2D eigenvalue weighted by Crippen LogP contribution is 2.38. The van der Waals surface area contributed by atoms with Crippen molar-refractivity contribution in [3.05, 3.63) is 193 Å². The van der Waals surface area contributed by atoms with Gasteiger partial charge in [0.1, 0.15) is 11.0 Å². The second kappa shape index (κ2) is 14.4. The average molecular weight is 674 g/mol. The number of benzene rings is 7. The highest BCUT2D eigenvalue weighted by molar-refractivity contribution is 7.00. The van der Waals surface area contributed by atoms with E-state index in [-0.39, 0.29) is 0 Å². The van der Waals surface area contributed by atoms with Gasteiger partial charge in [-0.15, -0.1) is 0 Å². The predicted molar refractivity (Wildman–Crippen MR) is 212 cm³/mol. The lowest BCUT2D eigenvalue weighted by Crippen LogP contribution is -2.09. The third-order valence-electron chi connectivity index (χ3n) is 8.80. The molecule has 1 heterocycles. The summed E-state index contributed by atoms with van der Waals surface area (Å²) in [6, 6.07) is 64.5. The Morgan fingerprint density at radius 3 is 1.33 bits per heavy atom. The number of fused-ring (bicyclic) bond motifs is 1. The Morgan fingerprint density at radius 2 is 0.882 bits per heavy atom. The first-order valence-electron chi connectivity index (χ1n) is 16.7. The van der Waals surface area contributed by atoms with Gasteiger partial charge in [0, 0.05) is 45.3 Å². The van der Waals surface area contributed by atoms with Crippen LogP contribution in [0.25, 0.3) is 33.8 Å². The van der Waals surface area contributed by atoms with Gasteiger partial charge < -0.3 is 9.80 Å². The van der Waals surface area contributed by atoms with Crippen LogP contribution in [0, 0.1) is 11.3 Å². The van der Waals surface area contributed by atoms with Crippen LogP contribution >= 0.6 is 11.7 Å². The number of aromatic nitrogens is 2. The second-order valence-electron chi connectivity index (χ2n) is 11.9. The zero-order valence-corrected chi connectivity index (χ0v) is 28.4. The van der Waals surface area contributed by atoms with E-state index in [9.17, 15) is 5.26 Å². The highest BCUT2D eigenvalue weighted by Gasteiger charge is 2.16. The monoisotopic (exact) mass is 673 g/mol.